The van der Waals surface area contributed by atoms with Gasteiger partial charge >= 0.3 is 0 Å². The average molecular weight is 223 g/mol. The average Bonchev–Trinajstić information content (AvgIpc) is 2.16. The molecule has 0 fully saturated rings. The fourth-order valence-corrected chi connectivity index (χ4v) is 1.24. The van der Waals surface area contributed by atoms with Gasteiger partial charge in [-0.1, -0.05) is 0 Å². The highest BCUT2D eigenvalue weighted by atomic mass is 16.2. The van der Waals surface area contributed by atoms with Gasteiger partial charge in [0.05, 0.1) is 0 Å². The van der Waals surface area contributed by atoms with E-state index < -0.39 is 0 Å². The quantitative estimate of drug-likeness (QED) is 0.753. The van der Waals surface area contributed by atoms with Gasteiger partial charge in [0.15, 0.2) is 5.43 Å². The second-order valence-electron chi connectivity index (χ2n) is 3.95. The zero-order valence-corrected chi connectivity index (χ0v) is 9.83. The van der Waals surface area contributed by atoms with Gasteiger partial charge in [0.2, 0.25) is 0 Å². The van der Waals surface area contributed by atoms with Crippen molar-refractivity contribution in [2.45, 2.75) is 6.92 Å². The van der Waals surface area contributed by atoms with E-state index >= 15 is 0 Å². The molecule has 1 aromatic heterocycles. The van der Waals surface area contributed by atoms with Gasteiger partial charge < -0.3 is 15.2 Å². The number of aromatic nitrogens is 1. The summed E-state index contributed by atoms with van der Waals surface area (Å²) in [7, 11) is 3.84. The van der Waals surface area contributed by atoms with Crippen LogP contribution in [-0.4, -0.2) is 43.0 Å². The fraction of sp³-hybridized carbons (Fsp3) is 0.455. The van der Waals surface area contributed by atoms with E-state index in [0.717, 1.165) is 12.2 Å². The molecule has 1 heterocycles. The summed E-state index contributed by atoms with van der Waals surface area (Å²) in [5, 5.41) is 2.69. The van der Waals surface area contributed by atoms with Crippen LogP contribution in [-0.2, 0) is 0 Å². The van der Waals surface area contributed by atoms with Crippen LogP contribution in [0.5, 0.6) is 0 Å². The van der Waals surface area contributed by atoms with Gasteiger partial charge in [-0.15, -0.1) is 0 Å². The highest BCUT2D eigenvalue weighted by molar-refractivity contribution is 5.93. The number of nitrogens with one attached hydrogen (secondary N) is 2. The largest absolute Gasteiger partial charge is 0.364 e. The molecule has 0 aromatic carbocycles. The van der Waals surface area contributed by atoms with Crippen LogP contribution >= 0.6 is 0 Å². The Morgan fingerprint density at radius 2 is 2.19 bits per heavy atom. The second kappa shape index (κ2) is 5.46. The van der Waals surface area contributed by atoms with E-state index in [4.69, 9.17) is 0 Å². The zero-order chi connectivity index (χ0) is 12.1. The lowest BCUT2D eigenvalue weighted by atomic mass is 10.2. The molecule has 0 atom stereocenters. The molecule has 0 aliphatic rings. The van der Waals surface area contributed by atoms with E-state index in [0.29, 0.717) is 6.54 Å². The summed E-state index contributed by atoms with van der Waals surface area (Å²) < 4.78 is 0. The number of pyridine rings is 1. The van der Waals surface area contributed by atoms with Crippen molar-refractivity contribution >= 4 is 5.91 Å². The van der Waals surface area contributed by atoms with Crippen LogP contribution in [0.25, 0.3) is 0 Å². The fourth-order valence-electron chi connectivity index (χ4n) is 1.24. The minimum atomic E-state index is -0.330. The number of carbonyl (C=O) groups excluding carboxylic acids is 1. The number of hydrogen-bond acceptors (Lipinski definition) is 3. The Labute approximate surface area is 94.5 Å². The Morgan fingerprint density at radius 1 is 1.50 bits per heavy atom. The van der Waals surface area contributed by atoms with Gasteiger partial charge in [-0.3, -0.25) is 9.59 Å². The molecule has 0 spiro atoms. The summed E-state index contributed by atoms with van der Waals surface area (Å²) in [6.45, 7) is 3.05. The summed E-state index contributed by atoms with van der Waals surface area (Å²) in [4.78, 5) is 27.9. The predicted octanol–water partition coefficient (Wildman–Crippen LogP) is -0.0253. The van der Waals surface area contributed by atoms with Crippen LogP contribution < -0.4 is 10.7 Å². The van der Waals surface area contributed by atoms with Crippen molar-refractivity contribution in [1.29, 1.82) is 0 Å². The van der Waals surface area contributed by atoms with Crippen LogP contribution in [0.4, 0.5) is 0 Å². The molecule has 0 saturated carbocycles. The first-order valence-electron chi connectivity index (χ1n) is 5.13. The molecule has 1 aromatic rings. The maximum atomic E-state index is 11.6. The van der Waals surface area contributed by atoms with Crippen LogP contribution in [0, 0.1) is 6.92 Å². The summed E-state index contributed by atoms with van der Waals surface area (Å²) in [5.74, 6) is -0.330. The zero-order valence-electron chi connectivity index (χ0n) is 9.83. The molecular weight excluding hydrogens is 206 g/mol. The Morgan fingerprint density at radius 3 is 2.75 bits per heavy atom. The minimum Gasteiger partial charge on any atom is -0.364 e. The number of nitrogens with zero attached hydrogens (tertiary/aromatic N) is 1. The number of H-pyrrole nitrogens is 1. The van der Waals surface area contributed by atoms with E-state index in [1.165, 1.54) is 12.3 Å². The summed E-state index contributed by atoms with van der Waals surface area (Å²) >= 11 is 0. The van der Waals surface area contributed by atoms with Crippen molar-refractivity contribution in [2.24, 2.45) is 0 Å². The Balaban J connectivity index is 2.63. The molecule has 0 bridgehead atoms. The first kappa shape index (κ1) is 12.4. The summed E-state index contributed by atoms with van der Waals surface area (Å²) in [6, 6.07) is 1.42. The highest BCUT2D eigenvalue weighted by Gasteiger charge is 2.09. The molecular formula is C11H17N3O2. The molecule has 88 valence electrons. The SMILES string of the molecule is Cc1cc(=O)c(C(=O)NCCN(C)C)c[nH]1. The van der Waals surface area contributed by atoms with Crippen molar-refractivity contribution in [3.8, 4) is 0 Å². The van der Waals surface area contributed by atoms with Crippen LogP contribution in [0.1, 0.15) is 16.1 Å². The molecule has 0 radical (unpaired) electrons. The third-order valence-corrected chi connectivity index (χ3v) is 2.15. The first-order valence-corrected chi connectivity index (χ1v) is 5.13. The molecule has 1 amide bonds. The van der Waals surface area contributed by atoms with Crippen molar-refractivity contribution in [3.63, 3.8) is 0 Å². The first-order chi connectivity index (χ1) is 7.50. The monoisotopic (exact) mass is 223 g/mol. The number of rotatable bonds is 4. The highest BCUT2D eigenvalue weighted by Crippen LogP contribution is 1.91. The van der Waals surface area contributed by atoms with E-state index in [1.807, 2.05) is 19.0 Å². The maximum absolute atomic E-state index is 11.6. The molecule has 0 unspecified atom stereocenters. The number of aromatic amines is 1. The van der Waals surface area contributed by atoms with Crippen LogP contribution in [0.3, 0.4) is 0 Å². The van der Waals surface area contributed by atoms with E-state index in [-0.39, 0.29) is 16.9 Å². The van der Waals surface area contributed by atoms with Crippen molar-refractivity contribution in [2.75, 3.05) is 27.2 Å². The molecule has 2 N–H and O–H groups in total. The third kappa shape index (κ3) is 3.51. The van der Waals surface area contributed by atoms with Gasteiger partial charge in [0.1, 0.15) is 5.56 Å². The molecule has 5 heteroatoms. The maximum Gasteiger partial charge on any atom is 0.256 e. The smallest absolute Gasteiger partial charge is 0.256 e. The van der Waals surface area contributed by atoms with Crippen LogP contribution in [0.15, 0.2) is 17.1 Å². The molecule has 1 rings (SSSR count). The Bertz CT molecular complexity index is 423. The number of likely N-dealkylation sites (N-methyl/N-ethyl adjacent to an activating group) is 1. The van der Waals surface area contributed by atoms with Gasteiger partial charge in [0, 0.05) is 31.0 Å². The molecule has 0 aliphatic heterocycles. The normalized spacial score (nSPS) is 10.5. The third-order valence-electron chi connectivity index (χ3n) is 2.15. The van der Waals surface area contributed by atoms with Gasteiger partial charge in [0.25, 0.3) is 5.91 Å². The van der Waals surface area contributed by atoms with Gasteiger partial charge in [-0.25, -0.2) is 0 Å². The van der Waals surface area contributed by atoms with Gasteiger partial charge in [-0.05, 0) is 21.0 Å². The standard InChI is InChI=1S/C11H17N3O2/c1-8-6-10(15)9(7-13-8)11(16)12-4-5-14(2)3/h6-7H,4-5H2,1-3H3,(H,12,16)(H,13,15). The number of aryl methyl sites for hydroxylation is 1. The minimum absolute atomic E-state index is 0.157. The Hall–Kier alpha value is -1.62. The Kier molecular flexibility index (Phi) is 4.25. The van der Waals surface area contributed by atoms with E-state index in [1.54, 1.807) is 6.92 Å². The lowest BCUT2D eigenvalue weighted by Crippen LogP contribution is -2.34. The van der Waals surface area contributed by atoms with Gasteiger partial charge in [-0.2, -0.15) is 0 Å². The van der Waals surface area contributed by atoms with Crippen molar-refractivity contribution in [3.05, 3.63) is 33.7 Å². The van der Waals surface area contributed by atoms with E-state index in [2.05, 4.69) is 10.3 Å². The van der Waals surface area contributed by atoms with Crippen molar-refractivity contribution < 1.29 is 4.79 Å². The lowest BCUT2D eigenvalue weighted by Gasteiger charge is -2.10. The molecule has 0 aliphatic carbocycles. The lowest BCUT2D eigenvalue weighted by molar-refractivity contribution is 0.0949. The molecule has 5 nitrogen and oxygen atoms in total. The number of hydrogen-bond donors (Lipinski definition) is 2. The summed E-state index contributed by atoms with van der Waals surface area (Å²) in [6.07, 6.45) is 1.45. The molecule has 16 heavy (non-hydrogen) atoms. The van der Waals surface area contributed by atoms with Crippen molar-refractivity contribution in [1.82, 2.24) is 15.2 Å². The number of carbonyl (C=O) groups is 1. The topological polar surface area (TPSA) is 65.2 Å². The number of amides is 1. The van der Waals surface area contributed by atoms with E-state index in [9.17, 15) is 9.59 Å². The van der Waals surface area contributed by atoms with Crippen LogP contribution in [0.2, 0.25) is 0 Å². The summed E-state index contributed by atoms with van der Waals surface area (Å²) in [5.41, 5.74) is 0.651. The molecule has 0 saturated heterocycles. The predicted molar refractivity (Wildman–Crippen MR) is 62.7 cm³/mol. The second-order valence-corrected chi connectivity index (χ2v) is 3.95.